The monoisotopic (exact) mass is 405 g/mol. The number of hydrogen-bond donors (Lipinski definition) is 1. The van der Waals surface area contributed by atoms with Gasteiger partial charge >= 0.3 is 0 Å². The number of amides is 1. The van der Waals surface area contributed by atoms with E-state index in [0.29, 0.717) is 24.6 Å². The molecule has 0 spiro atoms. The zero-order chi connectivity index (χ0) is 20.2. The molecule has 0 aliphatic rings. The number of aromatic nitrogens is 2. The molecule has 29 heavy (non-hydrogen) atoms. The van der Waals surface area contributed by atoms with Crippen LogP contribution >= 0.6 is 11.3 Å². The first-order valence-electron chi connectivity index (χ1n) is 9.58. The highest BCUT2D eigenvalue weighted by atomic mass is 32.1. The largest absolute Gasteiger partial charge is 0.491 e. The van der Waals surface area contributed by atoms with Gasteiger partial charge < -0.3 is 14.6 Å². The molecule has 2 aromatic carbocycles. The molecule has 6 heteroatoms. The maximum atomic E-state index is 12.3. The molecule has 1 N–H and O–H groups in total. The van der Waals surface area contributed by atoms with E-state index in [-0.39, 0.29) is 5.91 Å². The Labute approximate surface area is 174 Å². The second-order valence-electron chi connectivity index (χ2n) is 6.90. The molecule has 4 aromatic rings. The van der Waals surface area contributed by atoms with Crippen molar-refractivity contribution in [1.82, 2.24) is 14.9 Å². The predicted molar refractivity (Wildman–Crippen MR) is 117 cm³/mol. The van der Waals surface area contributed by atoms with Crippen molar-refractivity contribution in [2.45, 2.75) is 26.9 Å². The quantitative estimate of drug-likeness (QED) is 0.484. The lowest BCUT2D eigenvalue weighted by Gasteiger charge is -2.14. The first kappa shape index (κ1) is 19.2. The van der Waals surface area contributed by atoms with Crippen LogP contribution in [0.25, 0.3) is 11.0 Å². The molecule has 0 saturated carbocycles. The van der Waals surface area contributed by atoms with Gasteiger partial charge in [-0.2, -0.15) is 0 Å². The van der Waals surface area contributed by atoms with E-state index in [1.165, 1.54) is 11.3 Å². The molecule has 0 radical (unpaired) electrons. The second kappa shape index (κ2) is 8.49. The van der Waals surface area contributed by atoms with Crippen molar-refractivity contribution in [3.8, 4) is 5.75 Å². The van der Waals surface area contributed by atoms with E-state index in [1.807, 2.05) is 47.8 Å². The molecule has 2 aromatic heterocycles. The lowest BCUT2D eigenvalue weighted by molar-refractivity contribution is 0.0953. The maximum Gasteiger partial charge on any atom is 0.261 e. The minimum atomic E-state index is -0.0783. The highest BCUT2D eigenvalue weighted by Gasteiger charge is 2.13. The average Bonchev–Trinajstić information content (AvgIpc) is 3.37. The van der Waals surface area contributed by atoms with Gasteiger partial charge in [0.15, 0.2) is 0 Å². The van der Waals surface area contributed by atoms with Crippen molar-refractivity contribution < 1.29 is 9.53 Å². The minimum absolute atomic E-state index is 0.0783. The third-order valence-electron chi connectivity index (χ3n) is 4.86. The lowest BCUT2D eigenvalue weighted by atomic mass is 10.1. The Balaban J connectivity index is 1.51. The summed E-state index contributed by atoms with van der Waals surface area (Å²) >= 11 is 1.43. The van der Waals surface area contributed by atoms with Crippen LogP contribution in [-0.2, 0) is 13.1 Å². The molecule has 0 aliphatic carbocycles. The van der Waals surface area contributed by atoms with Crippen molar-refractivity contribution in [2.75, 3.05) is 6.61 Å². The van der Waals surface area contributed by atoms with Gasteiger partial charge in [0.2, 0.25) is 0 Å². The summed E-state index contributed by atoms with van der Waals surface area (Å²) in [4.78, 5) is 17.7. The number of imidazole rings is 1. The molecular weight excluding hydrogens is 382 g/mol. The minimum Gasteiger partial charge on any atom is -0.491 e. The van der Waals surface area contributed by atoms with Crippen LogP contribution < -0.4 is 10.1 Å². The van der Waals surface area contributed by atoms with Gasteiger partial charge in [0.25, 0.3) is 5.91 Å². The molecule has 5 nitrogen and oxygen atoms in total. The van der Waals surface area contributed by atoms with Crippen LogP contribution in [0, 0.1) is 13.8 Å². The number of nitrogens with one attached hydrogen (secondary N) is 1. The summed E-state index contributed by atoms with van der Waals surface area (Å²) in [5.41, 5.74) is 4.21. The van der Waals surface area contributed by atoms with Gasteiger partial charge in [0.05, 0.1) is 29.0 Å². The van der Waals surface area contributed by atoms with Gasteiger partial charge in [-0.05, 0) is 48.6 Å². The SMILES string of the molecule is Cc1cccc(C)c1OCCn1c(CNC(=O)c2cccs2)nc2ccccc21. The number of carbonyl (C=O) groups is 1. The van der Waals surface area contributed by atoms with E-state index in [9.17, 15) is 4.79 Å². The number of ether oxygens (including phenoxy) is 1. The van der Waals surface area contributed by atoms with E-state index in [1.54, 1.807) is 0 Å². The number of rotatable bonds is 7. The molecule has 0 saturated heterocycles. The van der Waals surface area contributed by atoms with Crippen LogP contribution in [0.2, 0.25) is 0 Å². The van der Waals surface area contributed by atoms with Gasteiger partial charge in [0, 0.05) is 0 Å². The summed E-state index contributed by atoms with van der Waals surface area (Å²) in [6.45, 7) is 5.66. The molecule has 0 bridgehead atoms. The molecule has 0 unspecified atom stereocenters. The van der Waals surface area contributed by atoms with E-state index in [0.717, 1.165) is 33.7 Å². The van der Waals surface area contributed by atoms with Crippen molar-refractivity contribution in [2.24, 2.45) is 0 Å². The molecular formula is C23H23N3O2S. The van der Waals surface area contributed by atoms with Gasteiger partial charge in [0.1, 0.15) is 18.2 Å². The van der Waals surface area contributed by atoms with Crippen LogP contribution in [0.15, 0.2) is 60.0 Å². The highest BCUT2D eigenvalue weighted by Crippen LogP contribution is 2.23. The third kappa shape index (κ3) is 4.17. The van der Waals surface area contributed by atoms with Crippen LogP contribution in [0.3, 0.4) is 0 Å². The standard InChI is InChI=1S/C23H23N3O2S/c1-16-7-5-8-17(2)22(16)28-13-12-26-19-10-4-3-9-18(19)25-21(26)15-24-23(27)20-11-6-14-29-20/h3-11,14H,12-13,15H2,1-2H3,(H,24,27). The number of nitrogens with zero attached hydrogens (tertiary/aromatic N) is 2. The number of benzene rings is 2. The van der Waals surface area contributed by atoms with E-state index in [4.69, 9.17) is 9.72 Å². The summed E-state index contributed by atoms with van der Waals surface area (Å²) < 4.78 is 8.22. The van der Waals surface area contributed by atoms with Crippen molar-refractivity contribution in [1.29, 1.82) is 0 Å². The second-order valence-corrected chi connectivity index (χ2v) is 7.85. The summed E-state index contributed by atoms with van der Waals surface area (Å²) in [7, 11) is 0. The third-order valence-corrected chi connectivity index (χ3v) is 5.72. The lowest BCUT2D eigenvalue weighted by Crippen LogP contribution is -2.24. The summed E-state index contributed by atoms with van der Waals surface area (Å²) in [6.07, 6.45) is 0. The van der Waals surface area contributed by atoms with Gasteiger partial charge in [-0.25, -0.2) is 4.98 Å². The van der Waals surface area contributed by atoms with E-state index in [2.05, 4.69) is 35.9 Å². The summed E-state index contributed by atoms with van der Waals surface area (Å²) in [5.74, 6) is 1.68. The van der Waals surface area contributed by atoms with Crippen molar-refractivity contribution >= 4 is 28.3 Å². The fraction of sp³-hybridized carbons (Fsp3) is 0.217. The Kier molecular flexibility index (Phi) is 5.62. The zero-order valence-electron chi connectivity index (χ0n) is 16.5. The normalized spacial score (nSPS) is 11.0. The van der Waals surface area contributed by atoms with Gasteiger partial charge in [-0.3, -0.25) is 4.79 Å². The number of para-hydroxylation sites is 3. The number of fused-ring (bicyclic) bond motifs is 1. The Morgan fingerprint density at radius 1 is 1.07 bits per heavy atom. The van der Waals surface area contributed by atoms with E-state index >= 15 is 0 Å². The predicted octanol–water partition coefficient (Wildman–Crippen LogP) is 4.72. The summed E-state index contributed by atoms with van der Waals surface area (Å²) in [5, 5.41) is 4.87. The van der Waals surface area contributed by atoms with Crippen LogP contribution in [0.5, 0.6) is 5.75 Å². The smallest absolute Gasteiger partial charge is 0.261 e. The first-order chi connectivity index (χ1) is 14.1. The number of thiophene rings is 1. The van der Waals surface area contributed by atoms with Gasteiger partial charge in [-0.15, -0.1) is 11.3 Å². The Morgan fingerprint density at radius 3 is 2.62 bits per heavy atom. The van der Waals surface area contributed by atoms with Crippen molar-refractivity contribution in [3.05, 3.63) is 81.8 Å². The fourth-order valence-corrected chi connectivity index (χ4v) is 4.07. The summed E-state index contributed by atoms with van der Waals surface area (Å²) in [6, 6.07) is 17.9. The molecule has 1 amide bonds. The molecule has 0 aliphatic heterocycles. The Hall–Kier alpha value is -3.12. The van der Waals surface area contributed by atoms with Gasteiger partial charge in [-0.1, -0.05) is 36.4 Å². The molecule has 4 rings (SSSR count). The van der Waals surface area contributed by atoms with Crippen molar-refractivity contribution in [3.63, 3.8) is 0 Å². The number of aryl methyl sites for hydroxylation is 2. The maximum absolute atomic E-state index is 12.3. The number of carbonyl (C=O) groups excluding carboxylic acids is 1. The van der Waals surface area contributed by atoms with Crippen LogP contribution in [-0.4, -0.2) is 22.1 Å². The van der Waals surface area contributed by atoms with Crippen LogP contribution in [0.1, 0.15) is 26.6 Å². The first-order valence-corrected chi connectivity index (χ1v) is 10.5. The van der Waals surface area contributed by atoms with E-state index < -0.39 is 0 Å². The Bertz CT molecular complexity index is 1110. The Morgan fingerprint density at radius 2 is 1.86 bits per heavy atom. The molecule has 2 heterocycles. The number of hydrogen-bond acceptors (Lipinski definition) is 4. The fourth-order valence-electron chi connectivity index (χ4n) is 3.43. The van der Waals surface area contributed by atoms with Crippen LogP contribution in [0.4, 0.5) is 0 Å². The molecule has 0 fully saturated rings. The average molecular weight is 406 g/mol. The highest BCUT2D eigenvalue weighted by molar-refractivity contribution is 7.12. The molecule has 0 atom stereocenters. The molecule has 148 valence electrons. The topological polar surface area (TPSA) is 56.1 Å². The zero-order valence-corrected chi connectivity index (χ0v) is 17.3.